The monoisotopic (exact) mass is 524 g/mol. The minimum Gasteiger partial charge on any atom is -0.338 e. The number of alkyl halides is 6. The van der Waals surface area contributed by atoms with Crippen LogP contribution in [-0.2, 0) is 12.4 Å². The van der Waals surface area contributed by atoms with Gasteiger partial charge in [0.05, 0.1) is 11.1 Å². The van der Waals surface area contributed by atoms with Crippen molar-refractivity contribution in [1.29, 1.82) is 0 Å². The molecule has 12 heteroatoms. The molecule has 0 aliphatic heterocycles. The molecule has 0 radical (unpaired) electrons. The number of nitrogens with zero attached hydrogens (tertiary/aromatic N) is 1. The van der Waals surface area contributed by atoms with Gasteiger partial charge in [0.1, 0.15) is 0 Å². The maximum Gasteiger partial charge on any atom is 0.416 e. The molecule has 0 bridgehead atoms. The zero-order valence-electron chi connectivity index (χ0n) is 19.2. The van der Waals surface area contributed by atoms with Crippen LogP contribution in [-0.4, -0.2) is 25.2 Å². The highest BCUT2D eigenvalue weighted by Crippen LogP contribution is 2.31. The van der Waals surface area contributed by atoms with Crippen molar-refractivity contribution < 1.29 is 35.9 Å². The Hall–Kier alpha value is -4.22. The average molecular weight is 524 g/mol. The molecule has 3 aromatic carbocycles. The maximum absolute atomic E-state index is 13.0. The predicted molar refractivity (Wildman–Crippen MR) is 127 cm³/mol. The maximum atomic E-state index is 13.0. The molecule has 0 saturated carbocycles. The van der Waals surface area contributed by atoms with Crippen molar-refractivity contribution in [2.24, 2.45) is 0 Å². The molecule has 0 spiro atoms. The van der Waals surface area contributed by atoms with Gasteiger partial charge in [-0.1, -0.05) is 30.3 Å². The lowest BCUT2D eigenvalue weighted by atomic mass is 10.2. The molecule has 0 aromatic heterocycles. The van der Waals surface area contributed by atoms with Crippen LogP contribution < -0.4 is 20.9 Å². The van der Waals surface area contributed by atoms with Crippen molar-refractivity contribution in [3.8, 4) is 0 Å². The van der Waals surface area contributed by atoms with E-state index in [1.807, 2.05) is 0 Å². The van der Waals surface area contributed by atoms with Crippen molar-refractivity contribution in [2.75, 3.05) is 28.6 Å². The third kappa shape index (κ3) is 8.16. The fourth-order valence-electron chi connectivity index (χ4n) is 3.31. The highest BCUT2D eigenvalue weighted by Gasteiger charge is 2.31. The van der Waals surface area contributed by atoms with E-state index in [4.69, 9.17) is 0 Å². The fraction of sp³-hybridized carbons (Fsp3) is 0.200. The Balaban J connectivity index is 1.59. The number of hydrogen-bond donors (Lipinski definition) is 3. The minimum atomic E-state index is -4.57. The number of nitrogens with one attached hydrogen (secondary N) is 3. The first-order valence-electron chi connectivity index (χ1n) is 11.0. The Morgan fingerprint density at radius 2 is 1.24 bits per heavy atom. The number of para-hydroxylation sites is 1. The van der Waals surface area contributed by atoms with Gasteiger partial charge in [-0.05, 0) is 55.0 Å². The third-order valence-corrected chi connectivity index (χ3v) is 5.05. The number of rotatable bonds is 7. The van der Waals surface area contributed by atoms with Crippen molar-refractivity contribution in [3.63, 3.8) is 0 Å². The molecule has 0 fully saturated rings. The molecule has 0 atom stereocenters. The van der Waals surface area contributed by atoms with Gasteiger partial charge in [-0.25, -0.2) is 9.59 Å². The summed E-state index contributed by atoms with van der Waals surface area (Å²) in [6.45, 7) is 0.142. The van der Waals surface area contributed by atoms with E-state index in [2.05, 4.69) is 16.0 Å². The van der Waals surface area contributed by atoms with Crippen LogP contribution in [0, 0.1) is 0 Å². The zero-order valence-corrected chi connectivity index (χ0v) is 19.2. The average Bonchev–Trinajstić information content (AvgIpc) is 2.84. The zero-order chi connectivity index (χ0) is 27.1. The largest absolute Gasteiger partial charge is 0.416 e. The van der Waals surface area contributed by atoms with Crippen molar-refractivity contribution in [2.45, 2.75) is 18.8 Å². The van der Waals surface area contributed by atoms with Crippen molar-refractivity contribution in [3.05, 3.63) is 90.0 Å². The number of carbonyl (C=O) groups is 2. The van der Waals surface area contributed by atoms with E-state index in [-0.39, 0.29) is 30.9 Å². The number of benzene rings is 3. The topological polar surface area (TPSA) is 73.5 Å². The van der Waals surface area contributed by atoms with Crippen molar-refractivity contribution in [1.82, 2.24) is 5.32 Å². The van der Waals surface area contributed by atoms with E-state index >= 15 is 0 Å². The minimum absolute atomic E-state index is 0.0423. The number of halogens is 6. The van der Waals surface area contributed by atoms with Crippen LogP contribution in [0.5, 0.6) is 0 Å². The molecule has 0 heterocycles. The lowest BCUT2D eigenvalue weighted by Gasteiger charge is -2.23. The second-order valence-corrected chi connectivity index (χ2v) is 7.81. The molecular weight excluding hydrogens is 502 g/mol. The van der Waals surface area contributed by atoms with E-state index in [0.29, 0.717) is 5.69 Å². The normalized spacial score (nSPS) is 11.5. The first kappa shape index (κ1) is 27.4. The highest BCUT2D eigenvalue weighted by atomic mass is 19.4. The SMILES string of the molecule is O=C(NCCCN(C(=O)Nc1cccc(C(F)(F)F)c1)c1ccccc1)Nc1cccc(C(F)(F)F)c1. The van der Waals surface area contributed by atoms with E-state index < -0.39 is 35.5 Å². The summed E-state index contributed by atoms with van der Waals surface area (Å²) in [6, 6.07) is 15.3. The number of carbonyl (C=O) groups excluding carboxylic acids is 2. The smallest absolute Gasteiger partial charge is 0.338 e. The molecular formula is C25H22F6N4O2. The summed E-state index contributed by atoms with van der Waals surface area (Å²) in [5.41, 5.74) is -1.43. The van der Waals surface area contributed by atoms with Crippen LogP contribution >= 0.6 is 0 Å². The van der Waals surface area contributed by atoms with E-state index in [9.17, 15) is 35.9 Å². The first-order valence-corrected chi connectivity index (χ1v) is 11.0. The Morgan fingerprint density at radius 3 is 1.78 bits per heavy atom. The van der Waals surface area contributed by atoms with Gasteiger partial charge in [0.25, 0.3) is 0 Å². The third-order valence-electron chi connectivity index (χ3n) is 5.05. The van der Waals surface area contributed by atoms with Crippen LogP contribution in [0.15, 0.2) is 78.9 Å². The summed E-state index contributed by atoms with van der Waals surface area (Å²) in [5, 5.41) is 7.25. The van der Waals surface area contributed by atoms with E-state index in [1.165, 1.54) is 29.2 Å². The van der Waals surface area contributed by atoms with Gasteiger partial charge in [-0.15, -0.1) is 0 Å². The predicted octanol–water partition coefficient (Wildman–Crippen LogP) is 6.97. The van der Waals surface area contributed by atoms with Gasteiger partial charge in [0.2, 0.25) is 0 Å². The first-order chi connectivity index (χ1) is 17.4. The van der Waals surface area contributed by atoms with Crippen LogP contribution in [0.2, 0.25) is 0 Å². The lowest BCUT2D eigenvalue weighted by Crippen LogP contribution is -2.38. The standard InChI is InChI=1S/C25H22F6N4O2/c26-24(27,28)17-7-4-9-19(15-17)33-22(36)32-13-6-14-35(21-11-2-1-3-12-21)23(37)34-20-10-5-8-18(16-20)25(29,30)31/h1-5,7-12,15-16H,6,13-14H2,(H,34,37)(H2,32,33,36). The quantitative estimate of drug-likeness (QED) is 0.231. The van der Waals surface area contributed by atoms with Gasteiger partial charge in [0, 0.05) is 30.2 Å². The molecule has 3 N–H and O–H groups in total. The van der Waals surface area contributed by atoms with Crippen LogP contribution in [0.25, 0.3) is 0 Å². The summed E-state index contributed by atoms with van der Waals surface area (Å²) in [4.78, 5) is 26.3. The summed E-state index contributed by atoms with van der Waals surface area (Å²) >= 11 is 0. The Kier molecular flexibility index (Phi) is 8.64. The summed E-state index contributed by atoms with van der Waals surface area (Å²) < 4.78 is 77.5. The lowest BCUT2D eigenvalue weighted by molar-refractivity contribution is -0.138. The molecule has 6 nitrogen and oxygen atoms in total. The molecule has 0 aliphatic rings. The molecule has 196 valence electrons. The number of urea groups is 2. The molecule has 0 saturated heterocycles. The van der Waals surface area contributed by atoms with E-state index in [0.717, 1.165) is 24.3 Å². The summed E-state index contributed by atoms with van der Waals surface area (Å²) in [7, 11) is 0. The molecule has 0 unspecified atom stereocenters. The van der Waals surface area contributed by atoms with Crippen LogP contribution in [0.4, 0.5) is 53.0 Å². The number of amides is 4. The van der Waals surface area contributed by atoms with Gasteiger partial charge in [-0.2, -0.15) is 26.3 Å². The van der Waals surface area contributed by atoms with Crippen LogP contribution in [0.1, 0.15) is 17.5 Å². The van der Waals surface area contributed by atoms with Gasteiger partial charge >= 0.3 is 24.4 Å². The molecule has 4 amide bonds. The second-order valence-electron chi connectivity index (χ2n) is 7.81. The summed E-state index contributed by atoms with van der Waals surface area (Å²) in [6.07, 6.45) is -8.88. The van der Waals surface area contributed by atoms with Gasteiger partial charge < -0.3 is 16.0 Å². The molecule has 0 aliphatic carbocycles. The molecule has 3 aromatic rings. The second kappa shape index (κ2) is 11.7. The van der Waals surface area contributed by atoms with Crippen molar-refractivity contribution >= 4 is 29.1 Å². The van der Waals surface area contributed by atoms with Crippen LogP contribution in [0.3, 0.4) is 0 Å². The molecule has 37 heavy (non-hydrogen) atoms. The Morgan fingerprint density at radius 1 is 0.703 bits per heavy atom. The Bertz CT molecular complexity index is 1220. The fourth-order valence-corrected chi connectivity index (χ4v) is 3.31. The van der Waals surface area contributed by atoms with Gasteiger partial charge in [-0.3, -0.25) is 4.90 Å². The highest BCUT2D eigenvalue weighted by molar-refractivity contribution is 6.01. The Labute approximate surface area is 208 Å². The summed E-state index contributed by atoms with van der Waals surface area (Å²) in [5.74, 6) is 0. The van der Waals surface area contributed by atoms with E-state index in [1.54, 1.807) is 30.3 Å². The number of hydrogen-bond acceptors (Lipinski definition) is 2. The van der Waals surface area contributed by atoms with Gasteiger partial charge in [0.15, 0.2) is 0 Å². The number of anilines is 3. The molecule has 3 rings (SSSR count).